The number of hydrogen-bond acceptors (Lipinski definition) is 3. The molecule has 13 rings (SSSR count). The van der Waals surface area contributed by atoms with Crippen molar-refractivity contribution in [1.29, 1.82) is 0 Å². The lowest BCUT2D eigenvalue weighted by molar-refractivity contribution is 1.06. The summed E-state index contributed by atoms with van der Waals surface area (Å²) in [5, 5.41) is 4.75. The Morgan fingerprint density at radius 3 is 1.32 bits per heavy atom. The van der Waals surface area contributed by atoms with Crippen molar-refractivity contribution in [1.82, 2.24) is 24.1 Å². The number of benzene rings is 10. The lowest BCUT2D eigenvalue weighted by Crippen LogP contribution is -2.04. The van der Waals surface area contributed by atoms with E-state index in [9.17, 15) is 0 Å². The summed E-state index contributed by atoms with van der Waals surface area (Å²) in [6.07, 6.45) is 0. The summed E-state index contributed by atoms with van der Waals surface area (Å²) in [6, 6.07) is 88.4. The molecule has 0 aliphatic carbocycles. The van der Waals surface area contributed by atoms with Gasteiger partial charge in [-0.2, -0.15) is 0 Å². The van der Waals surface area contributed by atoms with Crippen LogP contribution >= 0.6 is 0 Å². The van der Waals surface area contributed by atoms with E-state index in [2.05, 4.69) is 221 Å². The van der Waals surface area contributed by atoms with Gasteiger partial charge in [-0.25, -0.2) is 15.0 Å². The van der Waals surface area contributed by atoms with E-state index in [1.54, 1.807) is 0 Å². The average Bonchev–Trinajstić information content (AvgIpc) is 3.95. The second-order valence-electron chi connectivity index (χ2n) is 17.2. The Morgan fingerprint density at radius 1 is 0.250 bits per heavy atom. The molecule has 0 amide bonds. The summed E-state index contributed by atoms with van der Waals surface area (Å²) in [5.41, 5.74) is 16.2. The van der Waals surface area contributed by atoms with Crippen molar-refractivity contribution in [2.24, 2.45) is 0 Å². The zero-order valence-corrected chi connectivity index (χ0v) is 36.9. The van der Waals surface area contributed by atoms with Crippen LogP contribution < -0.4 is 0 Å². The van der Waals surface area contributed by atoms with E-state index in [1.165, 1.54) is 32.8 Å². The Bertz CT molecular complexity index is 3930. The summed E-state index contributed by atoms with van der Waals surface area (Å²) in [6.45, 7) is 0. The van der Waals surface area contributed by atoms with Gasteiger partial charge in [-0.1, -0.05) is 194 Å². The van der Waals surface area contributed by atoms with Crippen LogP contribution in [-0.4, -0.2) is 24.1 Å². The normalized spacial score (nSPS) is 11.5. The van der Waals surface area contributed by atoms with Crippen molar-refractivity contribution >= 4 is 43.6 Å². The molecule has 0 spiro atoms. The molecule has 10 aromatic carbocycles. The minimum atomic E-state index is 0.598. The third-order valence-electron chi connectivity index (χ3n) is 13.2. The zero-order chi connectivity index (χ0) is 45.0. The van der Waals surface area contributed by atoms with Crippen LogP contribution in [0.1, 0.15) is 0 Å². The van der Waals surface area contributed by atoms with Gasteiger partial charge >= 0.3 is 0 Å². The molecule has 0 saturated heterocycles. The highest BCUT2D eigenvalue weighted by Crippen LogP contribution is 2.47. The molecule has 0 N–H and O–H groups in total. The molecule has 13 aromatic rings. The van der Waals surface area contributed by atoms with E-state index < -0.39 is 0 Å². The van der Waals surface area contributed by atoms with E-state index in [4.69, 9.17) is 15.0 Å². The minimum Gasteiger partial charge on any atom is -0.309 e. The van der Waals surface area contributed by atoms with Crippen LogP contribution in [0.2, 0.25) is 0 Å². The van der Waals surface area contributed by atoms with Crippen LogP contribution in [0, 0.1) is 0 Å². The zero-order valence-electron chi connectivity index (χ0n) is 36.9. The molecule has 318 valence electrons. The van der Waals surface area contributed by atoms with Crippen LogP contribution in [0.3, 0.4) is 0 Å². The van der Waals surface area contributed by atoms with Crippen molar-refractivity contribution < 1.29 is 0 Å². The highest BCUT2D eigenvalue weighted by atomic mass is 15.1. The van der Waals surface area contributed by atoms with Gasteiger partial charge in [-0.15, -0.1) is 0 Å². The monoisotopic (exact) mass is 867 g/mol. The van der Waals surface area contributed by atoms with Gasteiger partial charge in [0.1, 0.15) is 0 Å². The third kappa shape index (κ3) is 6.59. The predicted octanol–water partition coefficient (Wildman–Crippen LogP) is 16.1. The van der Waals surface area contributed by atoms with Crippen LogP contribution in [0.15, 0.2) is 249 Å². The predicted molar refractivity (Wildman–Crippen MR) is 281 cm³/mol. The molecular weight excluding hydrogens is 827 g/mol. The fourth-order valence-electron chi connectivity index (χ4n) is 10.1. The van der Waals surface area contributed by atoms with Gasteiger partial charge in [-0.05, 0) is 88.0 Å². The maximum atomic E-state index is 5.29. The van der Waals surface area contributed by atoms with Crippen molar-refractivity contribution in [3.8, 4) is 78.9 Å². The molecule has 5 nitrogen and oxygen atoms in total. The molecule has 0 aliphatic rings. The van der Waals surface area contributed by atoms with Crippen LogP contribution in [0.4, 0.5) is 0 Å². The summed E-state index contributed by atoms with van der Waals surface area (Å²) in [5.74, 6) is 1.84. The first-order valence-electron chi connectivity index (χ1n) is 23.0. The van der Waals surface area contributed by atoms with Gasteiger partial charge in [0.2, 0.25) is 0 Å². The Balaban J connectivity index is 1.13. The van der Waals surface area contributed by atoms with Crippen LogP contribution in [0.25, 0.3) is 123 Å². The number of aromatic nitrogens is 5. The SMILES string of the molecule is c1ccc(-c2ccc(-c3nc(-c4ccccc4)nc(-c4ccccc4)n3)c(-n3c4ccccc4c4c(-c5cc(-c6ccccc6)cc6c5c5ccccc5n6-c5ccccc5)cccc43)c2)cc1. The van der Waals surface area contributed by atoms with Crippen molar-refractivity contribution in [2.75, 3.05) is 0 Å². The third-order valence-corrected chi connectivity index (χ3v) is 13.2. The van der Waals surface area contributed by atoms with Gasteiger partial charge in [0.25, 0.3) is 0 Å². The number of fused-ring (bicyclic) bond motifs is 6. The van der Waals surface area contributed by atoms with Crippen LogP contribution in [-0.2, 0) is 0 Å². The summed E-state index contributed by atoms with van der Waals surface area (Å²) in [4.78, 5) is 15.6. The smallest absolute Gasteiger partial charge is 0.166 e. The topological polar surface area (TPSA) is 48.5 Å². The lowest BCUT2D eigenvalue weighted by Gasteiger charge is -2.17. The highest BCUT2D eigenvalue weighted by Gasteiger charge is 2.24. The fraction of sp³-hybridized carbons (Fsp3) is 0. The van der Waals surface area contributed by atoms with Gasteiger partial charge in [-0.3, -0.25) is 0 Å². The first kappa shape index (κ1) is 39.2. The van der Waals surface area contributed by atoms with Crippen LogP contribution in [0.5, 0.6) is 0 Å². The molecule has 0 fully saturated rings. The standard InChI is InChI=1S/C63H41N5/c1-6-21-42(22-7-1)46-37-38-52(63-65-61(44-25-10-3-11-26-44)64-62(66-63)45-27-12-4-13-28-45)57(40-46)68-55-35-19-17-32-51(55)59-49(33-20-36-56(59)68)53-39-47(43-23-8-2-9-24-43)41-58-60(53)50-31-16-18-34-54(50)67(58)48-29-14-5-15-30-48/h1-41H. The molecule has 0 radical (unpaired) electrons. The van der Waals surface area contributed by atoms with E-state index in [0.29, 0.717) is 17.5 Å². The second kappa shape index (κ2) is 16.4. The Morgan fingerprint density at radius 2 is 0.721 bits per heavy atom. The fourth-order valence-corrected chi connectivity index (χ4v) is 10.1. The Labute approximate surface area is 393 Å². The first-order valence-corrected chi connectivity index (χ1v) is 23.0. The summed E-state index contributed by atoms with van der Waals surface area (Å²) >= 11 is 0. The molecule has 0 saturated carbocycles. The minimum absolute atomic E-state index is 0.598. The maximum absolute atomic E-state index is 5.29. The molecule has 0 aliphatic heterocycles. The van der Waals surface area contributed by atoms with Crippen molar-refractivity contribution in [3.63, 3.8) is 0 Å². The highest BCUT2D eigenvalue weighted by molar-refractivity contribution is 6.23. The van der Waals surface area contributed by atoms with Gasteiger partial charge in [0.15, 0.2) is 17.5 Å². The van der Waals surface area contributed by atoms with Gasteiger partial charge in [0, 0.05) is 43.9 Å². The lowest BCUT2D eigenvalue weighted by atomic mass is 9.92. The molecule has 0 atom stereocenters. The molecule has 5 heteroatoms. The number of para-hydroxylation sites is 3. The van der Waals surface area contributed by atoms with Crippen molar-refractivity contribution in [2.45, 2.75) is 0 Å². The van der Waals surface area contributed by atoms with Crippen molar-refractivity contribution in [3.05, 3.63) is 249 Å². The Kier molecular flexibility index (Phi) is 9.43. The molecule has 3 heterocycles. The van der Waals surface area contributed by atoms with E-state index in [0.717, 1.165) is 72.3 Å². The number of nitrogens with zero attached hydrogens (tertiary/aromatic N) is 5. The molecule has 3 aromatic heterocycles. The van der Waals surface area contributed by atoms with E-state index in [-0.39, 0.29) is 0 Å². The number of rotatable bonds is 8. The van der Waals surface area contributed by atoms with E-state index >= 15 is 0 Å². The molecule has 68 heavy (non-hydrogen) atoms. The molecule has 0 bridgehead atoms. The maximum Gasteiger partial charge on any atom is 0.166 e. The average molecular weight is 868 g/mol. The summed E-state index contributed by atoms with van der Waals surface area (Å²) < 4.78 is 4.85. The first-order chi connectivity index (χ1) is 33.7. The largest absolute Gasteiger partial charge is 0.309 e. The number of hydrogen-bond donors (Lipinski definition) is 0. The Hall–Kier alpha value is -9.19. The molecular formula is C63H41N5. The molecule has 0 unspecified atom stereocenters. The second-order valence-corrected chi connectivity index (χ2v) is 17.2. The quantitative estimate of drug-likeness (QED) is 0.153. The summed E-state index contributed by atoms with van der Waals surface area (Å²) in [7, 11) is 0. The van der Waals surface area contributed by atoms with Gasteiger partial charge in [0.05, 0.1) is 27.8 Å². The van der Waals surface area contributed by atoms with E-state index in [1.807, 2.05) is 36.4 Å². The van der Waals surface area contributed by atoms with Gasteiger partial charge < -0.3 is 9.13 Å².